The zero-order chi connectivity index (χ0) is 21.4. The normalized spacial score (nSPS) is 21.1. The quantitative estimate of drug-likeness (QED) is 0.456. The Kier molecular flexibility index (Phi) is 5.16. The van der Waals surface area contributed by atoms with Gasteiger partial charge in [0.2, 0.25) is 0 Å². The number of hydrogen-bond acceptors (Lipinski definition) is 3. The Hall–Kier alpha value is -3.24. The molecule has 5 rings (SSSR count). The van der Waals surface area contributed by atoms with E-state index in [0.29, 0.717) is 17.2 Å². The van der Waals surface area contributed by atoms with Crippen molar-refractivity contribution >= 4 is 23.3 Å². The van der Waals surface area contributed by atoms with Gasteiger partial charge < -0.3 is 15.2 Å². The van der Waals surface area contributed by atoms with Crippen molar-refractivity contribution in [1.29, 1.82) is 0 Å². The second-order valence-corrected chi connectivity index (χ2v) is 8.41. The minimum atomic E-state index is -0.924. The lowest BCUT2D eigenvalue weighted by Gasteiger charge is -2.38. The van der Waals surface area contributed by atoms with E-state index in [-0.39, 0.29) is 17.9 Å². The SMILES string of the molecule is O=C(O)c1ccc(Cl)c2c1[C@@H]1C=CC[C@@H]1[C@@H](c1ccc(OCc3ccccc3)cc1)N2. The average molecular weight is 432 g/mol. The van der Waals surface area contributed by atoms with Crippen LogP contribution < -0.4 is 10.1 Å². The van der Waals surface area contributed by atoms with Crippen LogP contribution in [0.4, 0.5) is 5.69 Å². The Balaban J connectivity index is 1.41. The van der Waals surface area contributed by atoms with Gasteiger partial charge in [-0.2, -0.15) is 0 Å². The lowest BCUT2D eigenvalue weighted by atomic mass is 9.75. The molecule has 0 bridgehead atoms. The van der Waals surface area contributed by atoms with Crippen LogP contribution in [0, 0.1) is 5.92 Å². The third kappa shape index (κ3) is 3.68. The van der Waals surface area contributed by atoms with E-state index < -0.39 is 5.97 Å². The van der Waals surface area contributed by atoms with Gasteiger partial charge in [-0.15, -0.1) is 0 Å². The molecular formula is C26H22ClNO3. The van der Waals surface area contributed by atoms with E-state index >= 15 is 0 Å². The lowest BCUT2D eigenvalue weighted by molar-refractivity contribution is 0.0695. The molecule has 0 saturated carbocycles. The van der Waals surface area contributed by atoms with Gasteiger partial charge in [0.25, 0.3) is 0 Å². The van der Waals surface area contributed by atoms with Crippen LogP contribution in [0.25, 0.3) is 0 Å². The van der Waals surface area contributed by atoms with Crippen molar-refractivity contribution in [1.82, 2.24) is 0 Å². The van der Waals surface area contributed by atoms with Crippen LogP contribution in [-0.2, 0) is 6.61 Å². The zero-order valence-corrected chi connectivity index (χ0v) is 17.5. The maximum Gasteiger partial charge on any atom is 0.336 e. The summed E-state index contributed by atoms with van der Waals surface area (Å²) in [5, 5.41) is 13.8. The van der Waals surface area contributed by atoms with Gasteiger partial charge in [-0.05, 0) is 53.3 Å². The molecule has 0 unspecified atom stereocenters. The number of hydrogen-bond donors (Lipinski definition) is 2. The van der Waals surface area contributed by atoms with Crippen LogP contribution in [0.2, 0.25) is 5.02 Å². The average Bonchev–Trinajstić information content (AvgIpc) is 3.29. The van der Waals surface area contributed by atoms with E-state index in [1.807, 2.05) is 42.5 Å². The van der Waals surface area contributed by atoms with Crippen molar-refractivity contribution in [3.8, 4) is 5.75 Å². The number of aromatic carboxylic acids is 1. The summed E-state index contributed by atoms with van der Waals surface area (Å²) in [6.07, 6.45) is 5.15. The summed E-state index contributed by atoms with van der Waals surface area (Å²) in [5.41, 5.74) is 4.09. The van der Waals surface area contributed by atoms with Crippen LogP contribution in [0.5, 0.6) is 5.75 Å². The van der Waals surface area contributed by atoms with E-state index in [0.717, 1.165) is 34.5 Å². The van der Waals surface area contributed by atoms with Gasteiger partial charge in [0.05, 0.1) is 22.3 Å². The number of carboxylic acids is 1. The van der Waals surface area contributed by atoms with Crippen LogP contribution in [0.3, 0.4) is 0 Å². The number of carbonyl (C=O) groups is 1. The van der Waals surface area contributed by atoms with Gasteiger partial charge in [0.1, 0.15) is 12.4 Å². The number of allylic oxidation sites excluding steroid dienone is 2. The topological polar surface area (TPSA) is 58.6 Å². The maximum atomic E-state index is 11.8. The Bertz CT molecular complexity index is 1140. The molecule has 0 aromatic heterocycles. The summed E-state index contributed by atoms with van der Waals surface area (Å²) in [7, 11) is 0. The first-order valence-electron chi connectivity index (χ1n) is 10.4. The highest BCUT2D eigenvalue weighted by molar-refractivity contribution is 6.33. The number of nitrogens with one attached hydrogen (secondary N) is 1. The number of benzene rings is 3. The fraction of sp³-hybridized carbons (Fsp3) is 0.192. The van der Waals surface area contributed by atoms with E-state index in [1.165, 1.54) is 0 Å². The van der Waals surface area contributed by atoms with Gasteiger partial charge in [-0.3, -0.25) is 0 Å². The molecule has 3 aromatic rings. The standard InChI is InChI=1S/C26H22ClNO3/c27-22-14-13-21(26(29)30)23-19-7-4-8-20(19)24(28-25(22)23)17-9-11-18(12-10-17)31-15-16-5-2-1-3-6-16/h1-7,9-14,19-20,24,28H,8,15H2,(H,29,30)/t19-,20+,24-/m1/s1. The highest BCUT2D eigenvalue weighted by Gasteiger charge is 2.40. The fourth-order valence-corrected chi connectivity index (χ4v) is 4.92. The largest absolute Gasteiger partial charge is 0.489 e. The second kappa shape index (κ2) is 8.12. The minimum Gasteiger partial charge on any atom is -0.489 e. The molecule has 0 amide bonds. The molecule has 2 aliphatic rings. The number of carboxylic acid groups (broad SMARTS) is 1. The first kappa shape index (κ1) is 19.7. The molecule has 1 aliphatic heterocycles. The van der Waals surface area contributed by atoms with Crippen molar-refractivity contribution in [3.63, 3.8) is 0 Å². The Morgan fingerprint density at radius 1 is 1.06 bits per heavy atom. The van der Waals surface area contributed by atoms with E-state index in [4.69, 9.17) is 16.3 Å². The van der Waals surface area contributed by atoms with Gasteiger partial charge in [-0.1, -0.05) is 66.2 Å². The molecule has 3 atom stereocenters. The molecule has 1 aliphatic carbocycles. The predicted octanol–water partition coefficient (Wildman–Crippen LogP) is 6.44. The molecule has 0 fully saturated rings. The van der Waals surface area contributed by atoms with Crippen LogP contribution >= 0.6 is 11.6 Å². The molecule has 3 aromatic carbocycles. The molecule has 31 heavy (non-hydrogen) atoms. The van der Waals surface area contributed by atoms with E-state index in [1.54, 1.807) is 12.1 Å². The third-order valence-electron chi connectivity index (χ3n) is 6.19. The Morgan fingerprint density at radius 2 is 1.84 bits per heavy atom. The number of anilines is 1. The smallest absolute Gasteiger partial charge is 0.336 e. The molecular weight excluding hydrogens is 410 g/mol. The molecule has 0 spiro atoms. The summed E-state index contributed by atoms with van der Waals surface area (Å²) >= 11 is 6.49. The molecule has 0 radical (unpaired) electrons. The first-order valence-corrected chi connectivity index (χ1v) is 10.7. The summed E-state index contributed by atoms with van der Waals surface area (Å²) in [4.78, 5) is 11.8. The summed E-state index contributed by atoms with van der Waals surface area (Å²) < 4.78 is 5.92. The maximum absolute atomic E-state index is 11.8. The first-order chi connectivity index (χ1) is 15.1. The molecule has 1 heterocycles. The Morgan fingerprint density at radius 3 is 2.58 bits per heavy atom. The molecule has 4 nitrogen and oxygen atoms in total. The number of halogens is 1. The molecule has 5 heteroatoms. The highest BCUT2D eigenvalue weighted by atomic mass is 35.5. The van der Waals surface area contributed by atoms with Gasteiger partial charge in [-0.25, -0.2) is 4.79 Å². The zero-order valence-electron chi connectivity index (χ0n) is 16.8. The number of rotatable bonds is 5. The number of fused-ring (bicyclic) bond motifs is 3. The minimum absolute atomic E-state index is 0.0278. The monoisotopic (exact) mass is 431 g/mol. The molecule has 0 saturated heterocycles. The highest BCUT2D eigenvalue weighted by Crippen LogP contribution is 2.52. The summed E-state index contributed by atoms with van der Waals surface area (Å²) in [6.45, 7) is 0.525. The van der Waals surface area contributed by atoms with Crippen LogP contribution in [0.15, 0.2) is 78.9 Å². The van der Waals surface area contributed by atoms with Crippen molar-refractivity contribution in [2.75, 3.05) is 5.32 Å². The van der Waals surface area contributed by atoms with Crippen LogP contribution in [-0.4, -0.2) is 11.1 Å². The predicted molar refractivity (Wildman–Crippen MR) is 122 cm³/mol. The van der Waals surface area contributed by atoms with Crippen molar-refractivity contribution in [2.24, 2.45) is 5.92 Å². The lowest BCUT2D eigenvalue weighted by Crippen LogP contribution is -2.30. The number of ether oxygens (including phenoxy) is 1. The Labute approximate surface area is 186 Å². The van der Waals surface area contributed by atoms with Gasteiger partial charge in [0.15, 0.2) is 0 Å². The summed E-state index contributed by atoms with van der Waals surface area (Å²) in [6, 6.07) is 21.5. The van der Waals surface area contributed by atoms with Crippen molar-refractivity contribution < 1.29 is 14.6 Å². The summed E-state index contributed by atoms with van der Waals surface area (Å²) in [5.74, 6) is 0.156. The second-order valence-electron chi connectivity index (χ2n) is 8.01. The van der Waals surface area contributed by atoms with Crippen molar-refractivity contribution in [2.45, 2.75) is 25.0 Å². The molecule has 156 valence electrons. The van der Waals surface area contributed by atoms with Crippen molar-refractivity contribution in [3.05, 3.63) is 106 Å². The van der Waals surface area contributed by atoms with Crippen LogP contribution in [0.1, 0.15) is 45.4 Å². The fourth-order valence-electron chi connectivity index (χ4n) is 4.70. The van der Waals surface area contributed by atoms with Gasteiger partial charge in [0, 0.05) is 5.92 Å². The van der Waals surface area contributed by atoms with E-state index in [9.17, 15) is 9.90 Å². The van der Waals surface area contributed by atoms with E-state index in [2.05, 4.69) is 29.6 Å². The third-order valence-corrected chi connectivity index (χ3v) is 6.50. The molecule has 2 N–H and O–H groups in total. The van der Waals surface area contributed by atoms with Gasteiger partial charge >= 0.3 is 5.97 Å².